The van der Waals surface area contributed by atoms with Gasteiger partial charge in [0.15, 0.2) is 0 Å². The molecule has 0 spiro atoms. The minimum absolute atomic E-state index is 0.169. The Kier molecular flexibility index (Phi) is 3.60. The third-order valence-corrected chi connectivity index (χ3v) is 2.33. The topological polar surface area (TPSA) is 46.2 Å². The Labute approximate surface area is 68.1 Å². The fourth-order valence-corrected chi connectivity index (χ4v) is 1.59. The second kappa shape index (κ2) is 4.52. The van der Waals surface area contributed by atoms with Crippen LogP contribution in [0.25, 0.3) is 0 Å². The van der Waals surface area contributed by atoms with Crippen LogP contribution in [0, 0.1) is 5.92 Å². The maximum absolute atomic E-state index is 8.54. The number of hydrogen-bond acceptors (Lipinski definition) is 2. The first-order chi connectivity index (χ1) is 5.33. The van der Waals surface area contributed by atoms with Gasteiger partial charge >= 0.3 is 0 Å². The van der Waals surface area contributed by atoms with Gasteiger partial charge in [0.05, 0.1) is 6.61 Å². The average molecular weight is 155 g/mol. The maximum atomic E-state index is 8.54. The van der Waals surface area contributed by atoms with Crippen LogP contribution in [0.5, 0.6) is 0 Å². The summed E-state index contributed by atoms with van der Waals surface area (Å²) in [4.78, 5) is 0. The van der Waals surface area contributed by atoms with E-state index in [1.165, 1.54) is 12.8 Å². The summed E-state index contributed by atoms with van der Waals surface area (Å²) in [5.74, 6) is 0.668. The molecule has 0 aliphatic heterocycles. The Bertz CT molecular complexity index is 126. The second-order valence-corrected chi connectivity index (χ2v) is 3.29. The molecule has 0 bridgehead atoms. The Morgan fingerprint density at radius 1 is 1.27 bits per heavy atom. The fourth-order valence-electron chi connectivity index (χ4n) is 1.59. The van der Waals surface area contributed by atoms with Gasteiger partial charge in [-0.15, -0.1) is 0 Å². The molecule has 2 heteroatoms. The molecular weight excluding hydrogens is 138 g/mol. The fraction of sp³-hybridized carbons (Fsp3) is 0.778. The van der Waals surface area contributed by atoms with Gasteiger partial charge in [-0.05, 0) is 31.6 Å². The normalized spacial score (nSPS) is 32.9. The van der Waals surface area contributed by atoms with Gasteiger partial charge in [-0.3, -0.25) is 0 Å². The Morgan fingerprint density at radius 3 is 2.45 bits per heavy atom. The zero-order valence-electron chi connectivity index (χ0n) is 6.87. The molecule has 0 aromatic heterocycles. The molecule has 0 aromatic rings. The van der Waals surface area contributed by atoms with E-state index in [1.807, 2.05) is 6.08 Å². The third kappa shape index (κ3) is 3.04. The quantitative estimate of drug-likeness (QED) is 0.585. The van der Waals surface area contributed by atoms with Crippen LogP contribution in [0.4, 0.5) is 0 Å². The van der Waals surface area contributed by atoms with Crippen molar-refractivity contribution in [2.75, 3.05) is 6.61 Å². The molecule has 0 saturated heterocycles. The molecule has 3 N–H and O–H groups in total. The van der Waals surface area contributed by atoms with E-state index in [4.69, 9.17) is 10.8 Å². The minimum atomic E-state index is 0.169. The zero-order chi connectivity index (χ0) is 8.10. The van der Waals surface area contributed by atoms with E-state index in [2.05, 4.69) is 6.08 Å². The summed E-state index contributed by atoms with van der Waals surface area (Å²) in [5, 5.41) is 8.54. The molecule has 0 amide bonds. The van der Waals surface area contributed by atoms with Crippen molar-refractivity contribution in [3.05, 3.63) is 12.2 Å². The highest BCUT2D eigenvalue weighted by Crippen LogP contribution is 2.23. The average Bonchev–Trinajstić information content (AvgIpc) is 2.04. The lowest BCUT2D eigenvalue weighted by Crippen LogP contribution is -2.25. The van der Waals surface area contributed by atoms with Crippen LogP contribution in [0.2, 0.25) is 0 Å². The summed E-state index contributed by atoms with van der Waals surface area (Å²) in [7, 11) is 0. The lowest BCUT2D eigenvalue weighted by atomic mass is 9.86. The van der Waals surface area contributed by atoms with Crippen LogP contribution in [-0.2, 0) is 0 Å². The molecule has 1 saturated carbocycles. The summed E-state index contributed by atoms with van der Waals surface area (Å²) < 4.78 is 0. The van der Waals surface area contributed by atoms with E-state index >= 15 is 0 Å². The van der Waals surface area contributed by atoms with Crippen molar-refractivity contribution in [2.24, 2.45) is 11.7 Å². The van der Waals surface area contributed by atoms with E-state index < -0.39 is 0 Å². The summed E-state index contributed by atoms with van der Waals surface area (Å²) in [6.07, 6.45) is 8.61. The predicted molar refractivity (Wildman–Crippen MR) is 46.2 cm³/mol. The van der Waals surface area contributed by atoms with Gasteiger partial charge < -0.3 is 10.8 Å². The minimum Gasteiger partial charge on any atom is -0.392 e. The summed E-state index contributed by atoms with van der Waals surface area (Å²) >= 11 is 0. The first-order valence-electron chi connectivity index (χ1n) is 4.36. The van der Waals surface area contributed by atoms with Crippen LogP contribution < -0.4 is 5.73 Å². The highest BCUT2D eigenvalue weighted by atomic mass is 16.2. The summed E-state index contributed by atoms with van der Waals surface area (Å²) in [6.45, 7) is 0.169. The number of aliphatic hydroxyl groups excluding tert-OH is 1. The molecule has 0 aromatic carbocycles. The van der Waals surface area contributed by atoms with Crippen molar-refractivity contribution in [1.82, 2.24) is 0 Å². The third-order valence-electron chi connectivity index (χ3n) is 2.33. The summed E-state index contributed by atoms with van der Waals surface area (Å²) in [6, 6.07) is 0.425. The molecule has 1 aliphatic rings. The van der Waals surface area contributed by atoms with E-state index in [0.29, 0.717) is 12.0 Å². The van der Waals surface area contributed by atoms with Crippen molar-refractivity contribution < 1.29 is 5.11 Å². The Balaban J connectivity index is 2.22. The maximum Gasteiger partial charge on any atom is 0.0612 e. The zero-order valence-corrected chi connectivity index (χ0v) is 6.87. The van der Waals surface area contributed by atoms with Gasteiger partial charge in [-0.1, -0.05) is 12.2 Å². The lowest BCUT2D eigenvalue weighted by Gasteiger charge is -2.23. The molecule has 11 heavy (non-hydrogen) atoms. The van der Waals surface area contributed by atoms with Crippen molar-refractivity contribution in [1.29, 1.82) is 0 Å². The van der Waals surface area contributed by atoms with Crippen molar-refractivity contribution in [3.63, 3.8) is 0 Å². The van der Waals surface area contributed by atoms with Crippen LogP contribution >= 0.6 is 0 Å². The Hall–Kier alpha value is -0.340. The largest absolute Gasteiger partial charge is 0.392 e. The van der Waals surface area contributed by atoms with Crippen molar-refractivity contribution in [2.45, 2.75) is 31.7 Å². The van der Waals surface area contributed by atoms with Gasteiger partial charge in [0, 0.05) is 6.04 Å². The molecule has 1 aliphatic carbocycles. The number of rotatable bonds is 2. The van der Waals surface area contributed by atoms with Gasteiger partial charge in [0.2, 0.25) is 0 Å². The van der Waals surface area contributed by atoms with Crippen LogP contribution in [-0.4, -0.2) is 17.8 Å². The highest BCUT2D eigenvalue weighted by molar-refractivity contribution is 4.91. The van der Waals surface area contributed by atoms with Crippen LogP contribution in [0.3, 0.4) is 0 Å². The number of hydrogen-bond donors (Lipinski definition) is 2. The number of nitrogens with two attached hydrogens (primary N) is 1. The van der Waals surface area contributed by atoms with Crippen LogP contribution in [0.15, 0.2) is 12.2 Å². The molecule has 1 rings (SSSR count). The van der Waals surface area contributed by atoms with Gasteiger partial charge in [-0.2, -0.15) is 0 Å². The molecule has 64 valence electrons. The summed E-state index contributed by atoms with van der Waals surface area (Å²) in [5.41, 5.74) is 5.75. The molecule has 1 fully saturated rings. The van der Waals surface area contributed by atoms with Gasteiger partial charge in [0.1, 0.15) is 0 Å². The first-order valence-corrected chi connectivity index (χ1v) is 4.36. The number of allylic oxidation sites excluding steroid dienone is 1. The first kappa shape index (κ1) is 8.75. The van der Waals surface area contributed by atoms with Crippen LogP contribution in [0.1, 0.15) is 25.7 Å². The SMILES string of the molecule is NC1CCC(/C=C/CO)CC1. The van der Waals surface area contributed by atoms with Crippen molar-refractivity contribution >= 4 is 0 Å². The second-order valence-electron chi connectivity index (χ2n) is 3.29. The van der Waals surface area contributed by atoms with E-state index in [1.54, 1.807) is 0 Å². The van der Waals surface area contributed by atoms with Gasteiger partial charge in [0.25, 0.3) is 0 Å². The van der Waals surface area contributed by atoms with E-state index in [9.17, 15) is 0 Å². The molecular formula is C9H17NO. The monoisotopic (exact) mass is 155 g/mol. The molecule has 0 atom stereocenters. The van der Waals surface area contributed by atoms with Crippen molar-refractivity contribution in [3.8, 4) is 0 Å². The molecule has 2 nitrogen and oxygen atoms in total. The predicted octanol–water partition coefficient (Wildman–Crippen LogP) is 1.05. The standard InChI is InChI=1S/C9H17NO/c10-9-5-3-8(4-6-9)2-1-7-11/h1-2,8-9,11H,3-7,10H2/b2-1+. The van der Waals surface area contributed by atoms with Gasteiger partial charge in [-0.25, -0.2) is 0 Å². The number of aliphatic hydroxyl groups is 1. The Morgan fingerprint density at radius 2 is 1.91 bits per heavy atom. The lowest BCUT2D eigenvalue weighted by molar-refractivity contribution is 0.337. The smallest absolute Gasteiger partial charge is 0.0612 e. The van der Waals surface area contributed by atoms with E-state index in [0.717, 1.165) is 12.8 Å². The molecule has 0 unspecified atom stereocenters. The highest BCUT2D eigenvalue weighted by Gasteiger charge is 2.15. The molecule has 0 radical (unpaired) electrons. The van der Waals surface area contributed by atoms with E-state index in [-0.39, 0.29) is 6.61 Å². The molecule has 0 heterocycles.